The maximum absolute atomic E-state index is 11.6. The van der Waals surface area contributed by atoms with Crippen LogP contribution >= 0.6 is 0 Å². The maximum atomic E-state index is 11.6. The van der Waals surface area contributed by atoms with Gasteiger partial charge in [-0.05, 0) is 49.5 Å². The average Bonchev–Trinajstić information content (AvgIpc) is 3.18. The Labute approximate surface area is 130 Å². The van der Waals surface area contributed by atoms with E-state index in [9.17, 15) is 9.90 Å². The number of aliphatic hydroxyl groups is 1. The summed E-state index contributed by atoms with van der Waals surface area (Å²) in [6, 6.07) is 4.24. The predicted octanol–water partition coefficient (Wildman–Crippen LogP) is 0.993. The highest BCUT2D eigenvalue weighted by Gasteiger charge is 2.38. The van der Waals surface area contributed by atoms with Gasteiger partial charge in [0.1, 0.15) is 6.61 Å². The lowest BCUT2D eigenvalue weighted by Gasteiger charge is -2.26. The number of nitrogens with zero attached hydrogens (tertiary/aromatic N) is 1. The van der Waals surface area contributed by atoms with E-state index < -0.39 is 6.10 Å². The first-order valence-electron chi connectivity index (χ1n) is 8.07. The second kappa shape index (κ2) is 5.33. The van der Waals surface area contributed by atoms with Gasteiger partial charge in [0, 0.05) is 24.7 Å². The fourth-order valence-corrected chi connectivity index (χ4v) is 4.21. The van der Waals surface area contributed by atoms with Crippen molar-refractivity contribution in [1.29, 1.82) is 0 Å². The van der Waals surface area contributed by atoms with Gasteiger partial charge in [-0.25, -0.2) is 4.79 Å². The van der Waals surface area contributed by atoms with Crippen LogP contribution < -0.4 is 5.32 Å². The number of cyclic esters (lactones) is 1. The van der Waals surface area contributed by atoms with Crippen molar-refractivity contribution >= 4 is 5.97 Å². The highest BCUT2D eigenvalue weighted by Crippen LogP contribution is 2.32. The molecule has 5 heteroatoms. The Balaban J connectivity index is 1.54. The Morgan fingerprint density at radius 3 is 3.18 bits per heavy atom. The number of carbonyl (C=O) groups is 1. The van der Waals surface area contributed by atoms with E-state index in [1.807, 2.05) is 13.0 Å². The third-order valence-corrected chi connectivity index (χ3v) is 5.53. The average molecular weight is 302 g/mol. The van der Waals surface area contributed by atoms with Gasteiger partial charge in [-0.2, -0.15) is 0 Å². The molecule has 2 fully saturated rings. The second-order valence-electron chi connectivity index (χ2n) is 6.67. The van der Waals surface area contributed by atoms with Gasteiger partial charge in [0.05, 0.1) is 11.7 Å². The fraction of sp³-hybridized carbons (Fsp3) is 0.588. The minimum absolute atomic E-state index is 0.251. The summed E-state index contributed by atoms with van der Waals surface area (Å²) in [5, 5.41) is 14.1. The first-order valence-corrected chi connectivity index (χ1v) is 8.07. The molecule has 3 atom stereocenters. The lowest BCUT2D eigenvalue weighted by Crippen LogP contribution is -2.37. The van der Waals surface area contributed by atoms with Gasteiger partial charge in [0.2, 0.25) is 0 Å². The van der Waals surface area contributed by atoms with Crippen molar-refractivity contribution in [3.8, 4) is 0 Å². The Morgan fingerprint density at radius 2 is 2.32 bits per heavy atom. The van der Waals surface area contributed by atoms with Crippen molar-refractivity contribution < 1.29 is 14.6 Å². The van der Waals surface area contributed by atoms with E-state index in [4.69, 9.17) is 4.74 Å². The smallest absolute Gasteiger partial charge is 0.338 e. The van der Waals surface area contributed by atoms with E-state index in [1.54, 1.807) is 6.07 Å². The highest BCUT2D eigenvalue weighted by atomic mass is 16.5. The second-order valence-corrected chi connectivity index (χ2v) is 6.67. The van der Waals surface area contributed by atoms with Crippen molar-refractivity contribution in [2.45, 2.75) is 32.1 Å². The SMILES string of the molecule is Cc1c([C@@H](O)CN2CCC3CNCC32)ccc2c1COC2=O. The molecular formula is C17H22N2O3. The largest absolute Gasteiger partial charge is 0.457 e. The van der Waals surface area contributed by atoms with E-state index in [-0.39, 0.29) is 5.97 Å². The molecule has 0 amide bonds. The van der Waals surface area contributed by atoms with Gasteiger partial charge in [0.15, 0.2) is 0 Å². The first-order chi connectivity index (χ1) is 10.6. The van der Waals surface area contributed by atoms with Crippen LogP contribution in [0, 0.1) is 12.8 Å². The quantitative estimate of drug-likeness (QED) is 0.816. The number of hydrogen-bond donors (Lipinski definition) is 2. The molecule has 2 unspecified atom stereocenters. The third-order valence-electron chi connectivity index (χ3n) is 5.53. The van der Waals surface area contributed by atoms with E-state index in [0.717, 1.165) is 42.2 Å². The number of ether oxygens (including phenoxy) is 1. The summed E-state index contributed by atoms with van der Waals surface area (Å²) in [6.45, 7) is 6.18. The number of benzene rings is 1. The van der Waals surface area contributed by atoms with E-state index in [1.165, 1.54) is 6.42 Å². The van der Waals surface area contributed by atoms with Crippen molar-refractivity contribution in [1.82, 2.24) is 10.2 Å². The molecule has 22 heavy (non-hydrogen) atoms. The van der Waals surface area contributed by atoms with Crippen LogP contribution in [0.4, 0.5) is 0 Å². The van der Waals surface area contributed by atoms with Crippen LogP contribution in [0.2, 0.25) is 0 Å². The molecule has 1 aromatic carbocycles. The van der Waals surface area contributed by atoms with E-state index in [2.05, 4.69) is 10.2 Å². The maximum Gasteiger partial charge on any atom is 0.338 e. The lowest BCUT2D eigenvalue weighted by atomic mass is 9.95. The topological polar surface area (TPSA) is 61.8 Å². The van der Waals surface area contributed by atoms with Crippen LogP contribution in [0.15, 0.2) is 12.1 Å². The monoisotopic (exact) mass is 302 g/mol. The third kappa shape index (κ3) is 2.16. The molecular weight excluding hydrogens is 280 g/mol. The van der Waals surface area contributed by atoms with Crippen molar-refractivity contribution in [3.63, 3.8) is 0 Å². The zero-order valence-corrected chi connectivity index (χ0v) is 12.8. The van der Waals surface area contributed by atoms with E-state index in [0.29, 0.717) is 24.8 Å². The van der Waals surface area contributed by atoms with Crippen LogP contribution in [-0.2, 0) is 11.3 Å². The Bertz CT molecular complexity index is 616. The molecule has 0 spiro atoms. The number of aliphatic hydroxyl groups excluding tert-OH is 1. The van der Waals surface area contributed by atoms with Gasteiger partial charge in [-0.1, -0.05) is 6.07 Å². The molecule has 0 radical (unpaired) electrons. The Morgan fingerprint density at radius 1 is 1.45 bits per heavy atom. The zero-order valence-electron chi connectivity index (χ0n) is 12.8. The molecule has 2 N–H and O–H groups in total. The van der Waals surface area contributed by atoms with Crippen LogP contribution in [0.1, 0.15) is 39.6 Å². The van der Waals surface area contributed by atoms with Crippen LogP contribution in [0.5, 0.6) is 0 Å². The molecule has 0 saturated carbocycles. The minimum Gasteiger partial charge on any atom is -0.457 e. The molecule has 5 nitrogen and oxygen atoms in total. The highest BCUT2D eigenvalue weighted by molar-refractivity contribution is 5.93. The molecule has 0 aromatic heterocycles. The van der Waals surface area contributed by atoms with Crippen molar-refractivity contribution in [3.05, 3.63) is 34.4 Å². The van der Waals surface area contributed by atoms with E-state index >= 15 is 0 Å². The summed E-state index contributed by atoms with van der Waals surface area (Å²) in [5.41, 5.74) is 3.50. The van der Waals surface area contributed by atoms with Gasteiger partial charge in [-0.3, -0.25) is 4.90 Å². The van der Waals surface area contributed by atoms with Crippen LogP contribution in [0.25, 0.3) is 0 Å². The molecule has 3 aliphatic rings. The summed E-state index contributed by atoms with van der Waals surface area (Å²) in [4.78, 5) is 14.0. The summed E-state index contributed by atoms with van der Waals surface area (Å²) in [5.74, 6) is 0.484. The van der Waals surface area contributed by atoms with Crippen LogP contribution in [-0.4, -0.2) is 48.2 Å². The lowest BCUT2D eigenvalue weighted by molar-refractivity contribution is 0.0535. The van der Waals surface area contributed by atoms with Gasteiger partial charge in [-0.15, -0.1) is 0 Å². The van der Waals surface area contributed by atoms with Gasteiger partial charge in [0.25, 0.3) is 0 Å². The number of hydrogen-bond acceptors (Lipinski definition) is 5. The Kier molecular flexibility index (Phi) is 3.44. The predicted molar refractivity (Wildman–Crippen MR) is 81.6 cm³/mol. The zero-order chi connectivity index (χ0) is 15.3. The molecule has 0 bridgehead atoms. The van der Waals surface area contributed by atoms with Gasteiger partial charge < -0.3 is 15.2 Å². The number of nitrogens with one attached hydrogen (secondary N) is 1. The summed E-state index contributed by atoms with van der Waals surface area (Å²) in [6.07, 6.45) is 0.705. The minimum atomic E-state index is -0.514. The van der Waals surface area contributed by atoms with Crippen LogP contribution in [0.3, 0.4) is 0 Å². The summed E-state index contributed by atoms with van der Waals surface area (Å²) < 4.78 is 5.09. The molecule has 3 aliphatic heterocycles. The number of esters is 1. The standard InChI is InChI=1S/C17H22N2O3/c1-10-12(2-3-13-14(10)9-22-17(13)21)16(20)8-19-5-4-11-6-18-7-15(11)19/h2-3,11,15-16,18,20H,4-9H2,1H3/t11?,15?,16-/m0/s1. The number of β-amino-alcohol motifs (C(OH)–C–C–N with tert-alkyl or cyclic N) is 1. The van der Waals surface area contributed by atoms with Gasteiger partial charge >= 0.3 is 5.97 Å². The summed E-state index contributed by atoms with van der Waals surface area (Å²) in [7, 11) is 0. The molecule has 118 valence electrons. The Hall–Kier alpha value is -1.43. The summed E-state index contributed by atoms with van der Waals surface area (Å²) >= 11 is 0. The fourth-order valence-electron chi connectivity index (χ4n) is 4.21. The van der Waals surface area contributed by atoms with Crippen molar-refractivity contribution in [2.75, 3.05) is 26.2 Å². The molecule has 0 aliphatic carbocycles. The number of carbonyl (C=O) groups excluding carboxylic acids is 1. The molecule has 3 heterocycles. The molecule has 4 rings (SSSR count). The first kappa shape index (κ1) is 14.2. The van der Waals surface area contributed by atoms with Crippen molar-refractivity contribution in [2.24, 2.45) is 5.92 Å². The molecule has 1 aromatic rings. The normalized spacial score (nSPS) is 28.5. The number of fused-ring (bicyclic) bond motifs is 2. The number of likely N-dealkylation sites (tertiary alicyclic amines) is 1. The molecule has 2 saturated heterocycles. The number of rotatable bonds is 3.